The third kappa shape index (κ3) is 3.78. The summed E-state index contributed by atoms with van der Waals surface area (Å²) < 4.78 is 6.36. The quantitative estimate of drug-likeness (QED) is 0.316. The Morgan fingerprint density at radius 1 is 1.15 bits per heavy atom. The van der Waals surface area contributed by atoms with Crippen molar-refractivity contribution >= 4 is 63.5 Å². The summed E-state index contributed by atoms with van der Waals surface area (Å²) in [5.41, 5.74) is 1.40. The number of ether oxygens (including phenoxy) is 1. The Bertz CT molecular complexity index is 909. The summed E-state index contributed by atoms with van der Waals surface area (Å²) in [5, 5.41) is 2.64. The van der Waals surface area contributed by atoms with Crippen LogP contribution in [0, 0.1) is 3.57 Å². The molecule has 3 rings (SSSR count). The lowest BCUT2D eigenvalue weighted by molar-refractivity contribution is -0.122. The molecule has 1 aliphatic heterocycles. The molecule has 1 saturated heterocycles. The first-order valence-corrected chi connectivity index (χ1v) is 9.39. The van der Waals surface area contributed by atoms with Crippen molar-refractivity contribution < 1.29 is 14.3 Å². The molecular formula is C19H15IN2O3S. The highest BCUT2D eigenvalue weighted by Crippen LogP contribution is 2.25. The van der Waals surface area contributed by atoms with Crippen LogP contribution in [0.5, 0.6) is 5.75 Å². The highest BCUT2D eigenvalue weighted by atomic mass is 127. The maximum atomic E-state index is 12.9. The molecule has 132 valence electrons. The molecule has 0 aliphatic carbocycles. The van der Waals surface area contributed by atoms with E-state index in [4.69, 9.17) is 17.0 Å². The van der Waals surface area contributed by atoms with Gasteiger partial charge in [-0.1, -0.05) is 18.2 Å². The zero-order valence-corrected chi connectivity index (χ0v) is 16.8. The van der Waals surface area contributed by atoms with Crippen molar-refractivity contribution in [2.45, 2.75) is 6.92 Å². The third-order valence-corrected chi connectivity index (χ3v) is 4.98. The van der Waals surface area contributed by atoms with Gasteiger partial charge in [-0.15, -0.1) is 0 Å². The standard InChI is InChI=1S/C19H15IN2O3S/c1-2-25-14-9-7-13(8-10-14)22-18(24)15(17(23)21-19(22)26)11-12-5-3-4-6-16(12)20/h3-11H,2H2,1H3,(H,21,23,26). The number of benzene rings is 2. The molecule has 1 fully saturated rings. The fraction of sp³-hybridized carbons (Fsp3) is 0.105. The highest BCUT2D eigenvalue weighted by Gasteiger charge is 2.34. The largest absolute Gasteiger partial charge is 0.494 e. The second-order valence-electron chi connectivity index (χ2n) is 5.41. The summed E-state index contributed by atoms with van der Waals surface area (Å²) in [5.74, 6) is -0.255. The SMILES string of the molecule is CCOc1ccc(N2C(=O)C(=Cc3ccccc3I)C(=O)NC2=S)cc1. The van der Waals surface area contributed by atoms with Gasteiger partial charge in [-0.2, -0.15) is 0 Å². The Balaban J connectivity index is 1.97. The summed E-state index contributed by atoms with van der Waals surface area (Å²) in [6.07, 6.45) is 1.59. The van der Waals surface area contributed by atoms with Crippen LogP contribution in [0.3, 0.4) is 0 Å². The molecule has 2 aromatic rings. The molecule has 0 atom stereocenters. The Morgan fingerprint density at radius 3 is 2.50 bits per heavy atom. The number of nitrogens with one attached hydrogen (secondary N) is 1. The minimum Gasteiger partial charge on any atom is -0.494 e. The van der Waals surface area contributed by atoms with Crippen LogP contribution in [0.1, 0.15) is 12.5 Å². The molecule has 0 unspecified atom stereocenters. The second kappa shape index (κ2) is 7.96. The van der Waals surface area contributed by atoms with Gasteiger partial charge in [0.05, 0.1) is 12.3 Å². The Morgan fingerprint density at radius 2 is 1.85 bits per heavy atom. The van der Waals surface area contributed by atoms with Gasteiger partial charge < -0.3 is 4.74 Å². The van der Waals surface area contributed by atoms with E-state index in [1.54, 1.807) is 30.3 Å². The topological polar surface area (TPSA) is 58.6 Å². The smallest absolute Gasteiger partial charge is 0.270 e. The highest BCUT2D eigenvalue weighted by molar-refractivity contribution is 14.1. The van der Waals surface area contributed by atoms with Crippen LogP contribution in [-0.4, -0.2) is 23.5 Å². The van der Waals surface area contributed by atoms with Gasteiger partial charge in [0.1, 0.15) is 11.3 Å². The van der Waals surface area contributed by atoms with Gasteiger partial charge in [-0.3, -0.25) is 19.8 Å². The van der Waals surface area contributed by atoms with E-state index in [9.17, 15) is 9.59 Å². The number of hydrogen-bond donors (Lipinski definition) is 1. The van der Waals surface area contributed by atoms with Crippen molar-refractivity contribution in [1.82, 2.24) is 5.32 Å². The number of halogens is 1. The first-order chi connectivity index (χ1) is 12.5. The van der Waals surface area contributed by atoms with E-state index >= 15 is 0 Å². The molecule has 1 N–H and O–H groups in total. The number of anilines is 1. The van der Waals surface area contributed by atoms with E-state index in [1.807, 2.05) is 31.2 Å². The van der Waals surface area contributed by atoms with E-state index < -0.39 is 11.8 Å². The molecule has 5 nitrogen and oxygen atoms in total. The van der Waals surface area contributed by atoms with Crippen molar-refractivity contribution in [3.63, 3.8) is 0 Å². The van der Waals surface area contributed by atoms with Gasteiger partial charge in [0.2, 0.25) is 0 Å². The first kappa shape index (κ1) is 18.5. The number of carbonyl (C=O) groups is 2. The molecule has 1 aliphatic rings. The van der Waals surface area contributed by atoms with Gasteiger partial charge in [0, 0.05) is 3.57 Å². The average molecular weight is 478 g/mol. The summed E-state index contributed by atoms with van der Waals surface area (Å²) >= 11 is 7.37. The molecule has 0 bridgehead atoms. The van der Waals surface area contributed by atoms with Gasteiger partial charge in [-0.05, 0) is 83.7 Å². The Labute approximate surface area is 170 Å². The fourth-order valence-electron chi connectivity index (χ4n) is 2.50. The summed E-state index contributed by atoms with van der Waals surface area (Å²) in [4.78, 5) is 26.6. The normalized spacial score (nSPS) is 16.0. The van der Waals surface area contributed by atoms with Crippen molar-refractivity contribution in [2.24, 2.45) is 0 Å². The monoisotopic (exact) mass is 478 g/mol. The maximum absolute atomic E-state index is 12.9. The van der Waals surface area contributed by atoms with Gasteiger partial charge in [-0.25, -0.2) is 0 Å². The van der Waals surface area contributed by atoms with E-state index in [-0.39, 0.29) is 10.7 Å². The van der Waals surface area contributed by atoms with Crippen molar-refractivity contribution in [1.29, 1.82) is 0 Å². The molecule has 0 radical (unpaired) electrons. The molecule has 0 saturated carbocycles. The van der Waals surface area contributed by atoms with Gasteiger partial charge >= 0.3 is 0 Å². The van der Waals surface area contributed by atoms with E-state index in [1.165, 1.54) is 4.90 Å². The molecule has 0 spiro atoms. The molecular weight excluding hydrogens is 463 g/mol. The van der Waals surface area contributed by atoms with Gasteiger partial charge in [0.15, 0.2) is 5.11 Å². The number of carbonyl (C=O) groups excluding carboxylic acids is 2. The average Bonchev–Trinajstić information content (AvgIpc) is 2.61. The van der Waals surface area contributed by atoms with E-state index in [0.29, 0.717) is 18.0 Å². The van der Waals surface area contributed by atoms with Crippen LogP contribution >= 0.6 is 34.8 Å². The number of thiocarbonyl (C=S) groups is 1. The number of nitrogens with zero attached hydrogens (tertiary/aromatic N) is 1. The zero-order chi connectivity index (χ0) is 18.7. The summed E-state index contributed by atoms with van der Waals surface area (Å²) in [6, 6.07) is 14.5. The van der Waals surface area contributed by atoms with Crippen molar-refractivity contribution in [3.05, 3.63) is 63.2 Å². The lowest BCUT2D eigenvalue weighted by Gasteiger charge is -2.29. The van der Waals surface area contributed by atoms with E-state index in [2.05, 4.69) is 27.9 Å². The molecule has 2 amide bonds. The zero-order valence-electron chi connectivity index (χ0n) is 13.9. The second-order valence-corrected chi connectivity index (χ2v) is 6.96. The van der Waals surface area contributed by atoms with Crippen LogP contribution in [0.2, 0.25) is 0 Å². The van der Waals surface area contributed by atoms with Crippen LogP contribution in [0.4, 0.5) is 5.69 Å². The van der Waals surface area contributed by atoms with Crippen LogP contribution in [0.15, 0.2) is 54.1 Å². The number of amides is 2. The minimum atomic E-state index is -0.498. The minimum absolute atomic E-state index is 0.0385. The third-order valence-electron chi connectivity index (χ3n) is 3.71. The molecule has 0 aromatic heterocycles. The van der Waals surface area contributed by atoms with E-state index in [0.717, 1.165) is 9.13 Å². The van der Waals surface area contributed by atoms with Crippen molar-refractivity contribution in [3.8, 4) is 5.75 Å². The fourth-order valence-corrected chi connectivity index (χ4v) is 3.32. The Kier molecular flexibility index (Phi) is 5.67. The van der Waals surface area contributed by atoms with Gasteiger partial charge in [0.25, 0.3) is 11.8 Å². The van der Waals surface area contributed by atoms with Crippen LogP contribution in [-0.2, 0) is 9.59 Å². The Hall–Kier alpha value is -2.26. The van der Waals surface area contributed by atoms with Crippen molar-refractivity contribution in [2.75, 3.05) is 11.5 Å². The first-order valence-electron chi connectivity index (χ1n) is 7.90. The maximum Gasteiger partial charge on any atom is 0.270 e. The molecule has 2 aromatic carbocycles. The molecule has 7 heteroatoms. The predicted molar refractivity (Wildman–Crippen MR) is 113 cm³/mol. The number of hydrogen-bond acceptors (Lipinski definition) is 4. The van der Waals surface area contributed by atoms with Crippen LogP contribution in [0.25, 0.3) is 6.08 Å². The summed E-state index contributed by atoms with van der Waals surface area (Å²) in [6.45, 7) is 2.45. The number of rotatable bonds is 4. The summed E-state index contributed by atoms with van der Waals surface area (Å²) in [7, 11) is 0. The molecule has 1 heterocycles. The predicted octanol–water partition coefficient (Wildman–Crippen LogP) is 3.52. The van der Waals surface area contributed by atoms with Crippen LogP contribution < -0.4 is 15.0 Å². The lowest BCUT2D eigenvalue weighted by atomic mass is 10.1. The lowest BCUT2D eigenvalue weighted by Crippen LogP contribution is -2.54. The molecule has 26 heavy (non-hydrogen) atoms.